The minimum atomic E-state index is -1.35. The number of allylic oxidation sites excluding steroid dienone is 1. The number of thioether (sulfide) groups is 1. The smallest absolute Gasteiger partial charge is 0.271 e. The normalized spacial score (nSPS) is 17.5. The lowest BCUT2D eigenvalue weighted by Gasteiger charge is -2.28. The van der Waals surface area contributed by atoms with Gasteiger partial charge in [-0.05, 0) is 35.2 Å². The van der Waals surface area contributed by atoms with Gasteiger partial charge in [0.15, 0.2) is 5.54 Å². The summed E-state index contributed by atoms with van der Waals surface area (Å²) in [4.78, 5) is 32.1. The molecule has 1 aromatic heterocycles. The summed E-state index contributed by atoms with van der Waals surface area (Å²) in [6.07, 6.45) is 4.90. The summed E-state index contributed by atoms with van der Waals surface area (Å²) in [6, 6.07) is 28.8. The molecule has 7 heteroatoms. The minimum absolute atomic E-state index is 0.192. The zero-order valence-corrected chi connectivity index (χ0v) is 21.1. The lowest BCUT2D eigenvalue weighted by molar-refractivity contribution is -0.113. The van der Waals surface area contributed by atoms with E-state index in [1.807, 2.05) is 91.9 Å². The van der Waals surface area contributed by atoms with Crippen LogP contribution in [0.5, 0.6) is 0 Å². The van der Waals surface area contributed by atoms with Crippen LogP contribution in [-0.4, -0.2) is 31.6 Å². The van der Waals surface area contributed by atoms with Gasteiger partial charge in [-0.15, -0.1) is 0 Å². The summed E-state index contributed by atoms with van der Waals surface area (Å²) in [5.41, 5.74) is 2.78. The first-order chi connectivity index (χ1) is 18.0. The van der Waals surface area contributed by atoms with Crippen LogP contribution < -0.4 is 0 Å². The van der Waals surface area contributed by atoms with E-state index in [4.69, 9.17) is 9.73 Å². The quantitative estimate of drug-likeness (QED) is 0.298. The second kappa shape index (κ2) is 10.8. The number of carbonyl (C=O) groups is 2. The van der Waals surface area contributed by atoms with Gasteiger partial charge in [0.1, 0.15) is 6.61 Å². The molecular weight excluding hydrogens is 482 g/mol. The molecule has 0 bridgehead atoms. The second-order valence-corrected chi connectivity index (χ2v) is 9.65. The molecule has 6 nitrogen and oxygen atoms in total. The van der Waals surface area contributed by atoms with E-state index in [0.717, 1.165) is 34.0 Å². The highest BCUT2D eigenvalue weighted by molar-refractivity contribution is 8.26. The Bertz CT molecular complexity index is 1460. The van der Waals surface area contributed by atoms with Crippen LogP contribution in [0, 0.1) is 6.92 Å². The molecule has 0 aliphatic carbocycles. The number of rotatable bonds is 7. The third-order valence-corrected chi connectivity index (χ3v) is 7.09. The molecule has 0 radical (unpaired) electrons. The molecule has 3 aromatic carbocycles. The zero-order valence-electron chi connectivity index (χ0n) is 20.3. The van der Waals surface area contributed by atoms with Gasteiger partial charge in [-0.3, -0.25) is 9.59 Å². The lowest BCUT2D eigenvalue weighted by Crippen LogP contribution is -2.37. The van der Waals surface area contributed by atoms with Crippen molar-refractivity contribution in [3.8, 4) is 0 Å². The molecule has 1 aliphatic rings. The van der Waals surface area contributed by atoms with E-state index < -0.39 is 5.54 Å². The van der Waals surface area contributed by atoms with Crippen molar-refractivity contribution in [1.82, 2.24) is 9.78 Å². The van der Waals surface area contributed by atoms with Crippen LogP contribution in [0.4, 0.5) is 0 Å². The summed E-state index contributed by atoms with van der Waals surface area (Å²) in [6.45, 7) is 2.25. The third-order valence-electron chi connectivity index (χ3n) is 6.19. The number of aliphatic imine (C=N–C) groups is 1. The van der Waals surface area contributed by atoms with Crippen molar-refractivity contribution in [2.45, 2.75) is 25.5 Å². The molecule has 0 amide bonds. The van der Waals surface area contributed by atoms with Crippen LogP contribution in [-0.2, 0) is 22.6 Å². The van der Waals surface area contributed by atoms with Gasteiger partial charge < -0.3 is 4.74 Å². The van der Waals surface area contributed by atoms with Crippen LogP contribution in [0.15, 0.2) is 114 Å². The topological polar surface area (TPSA) is 73.6 Å². The maximum Gasteiger partial charge on any atom is 0.271 e. The van der Waals surface area contributed by atoms with Crippen LogP contribution in [0.2, 0.25) is 0 Å². The molecule has 1 atom stereocenters. The third kappa shape index (κ3) is 5.32. The number of hydrogen-bond donors (Lipinski definition) is 0. The summed E-state index contributed by atoms with van der Waals surface area (Å²) >= 11 is 0.979. The summed E-state index contributed by atoms with van der Waals surface area (Å²) in [7, 11) is 0. The molecule has 0 unspecified atom stereocenters. The zero-order chi connectivity index (χ0) is 25.7. The second-order valence-electron chi connectivity index (χ2n) is 8.73. The van der Waals surface area contributed by atoms with Crippen molar-refractivity contribution < 1.29 is 14.3 Å². The molecule has 0 N–H and O–H groups in total. The van der Waals surface area contributed by atoms with Crippen molar-refractivity contribution in [3.63, 3.8) is 0 Å². The highest BCUT2D eigenvalue weighted by Crippen LogP contribution is 2.44. The van der Waals surface area contributed by atoms with Crippen LogP contribution in [0.1, 0.15) is 27.0 Å². The highest BCUT2D eigenvalue weighted by atomic mass is 32.2. The first-order valence-electron chi connectivity index (χ1n) is 11.9. The average molecular weight is 508 g/mol. The molecule has 2 heterocycles. The van der Waals surface area contributed by atoms with Crippen molar-refractivity contribution in [3.05, 3.63) is 132 Å². The Morgan fingerprint density at radius 3 is 2.30 bits per heavy atom. The van der Waals surface area contributed by atoms with E-state index in [2.05, 4.69) is 5.10 Å². The molecule has 0 saturated carbocycles. The Balaban J connectivity index is 1.63. The van der Waals surface area contributed by atoms with E-state index in [9.17, 15) is 9.59 Å². The minimum Gasteiger partial charge on any atom is -0.468 e. The summed E-state index contributed by atoms with van der Waals surface area (Å²) in [5.74, 6) is -0.359. The van der Waals surface area contributed by atoms with Crippen LogP contribution >= 0.6 is 11.8 Å². The molecule has 0 fully saturated rings. The van der Waals surface area contributed by atoms with Crippen molar-refractivity contribution in [2.24, 2.45) is 4.99 Å². The van der Waals surface area contributed by atoms with E-state index in [-0.39, 0.29) is 29.3 Å². The molecule has 0 spiro atoms. The molecule has 5 rings (SSSR count). The SMILES string of the molecule is Cc1ccccc1/C(=C\C(=O)n1cccn1)[C@@]1(Cc2ccccc2)N=C(OCc2ccccc2)SC1=O. The maximum absolute atomic E-state index is 13.9. The predicted octanol–water partition coefficient (Wildman–Crippen LogP) is 5.74. The first-order valence-corrected chi connectivity index (χ1v) is 12.7. The van der Waals surface area contributed by atoms with Crippen molar-refractivity contribution in [1.29, 1.82) is 0 Å². The number of ether oxygens (including phenoxy) is 1. The number of aryl methyl sites for hydroxylation is 1. The maximum atomic E-state index is 13.9. The van der Waals surface area contributed by atoms with Crippen LogP contribution in [0.3, 0.4) is 0 Å². The van der Waals surface area contributed by atoms with Gasteiger partial charge in [-0.2, -0.15) is 5.10 Å². The number of hydrogen-bond acceptors (Lipinski definition) is 6. The largest absolute Gasteiger partial charge is 0.468 e. The fourth-order valence-corrected chi connectivity index (χ4v) is 5.20. The van der Waals surface area contributed by atoms with Gasteiger partial charge in [-0.1, -0.05) is 84.9 Å². The van der Waals surface area contributed by atoms with Gasteiger partial charge in [-0.25, -0.2) is 9.67 Å². The van der Waals surface area contributed by atoms with Gasteiger partial charge in [0.25, 0.3) is 11.1 Å². The number of carbonyl (C=O) groups excluding carboxylic acids is 2. The molecular formula is C30H25N3O3S. The molecule has 1 aliphatic heterocycles. The fourth-order valence-electron chi connectivity index (χ4n) is 4.32. The summed E-state index contributed by atoms with van der Waals surface area (Å²) < 4.78 is 7.26. The molecule has 0 saturated heterocycles. The Morgan fingerprint density at radius 2 is 1.62 bits per heavy atom. The molecule has 184 valence electrons. The van der Waals surface area contributed by atoms with Crippen molar-refractivity contribution in [2.75, 3.05) is 0 Å². The fraction of sp³-hybridized carbons (Fsp3) is 0.133. The van der Waals surface area contributed by atoms with E-state index in [0.29, 0.717) is 5.57 Å². The van der Waals surface area contributed by atoms with Crippen LogP contribution in [0.25, 0.3) is 5.57 Å². The van der Waals surface area contributed by atoms with E-state index in [1.54, 1.807) is 18.5 Å². The Hall–Kier alpha value is -4.23. The van der Waals surface area contributed by atoms with Gasteiger partial charge in [0.05, 0.1) is 0 Å². The van der Waals surface area contributed by atoms with Gasteiger partial charge in [0.2, 0.25) is 5.12 Å². The average Bonchev–Trinajstić information content (AvgIpc) is 3.57. The number of nitrogens with zero attached hydrogens (tertiary/aromatic N) is 3. The summed E-state index contributed by atoms with van der Waals surface area (Å²) in [5, 5.41) is 4.18. The Labute approximate surface area is 219 Å². The Kier molecular flexibility index (Phi) is 7.14. The standard InChI is InChI=1S/C30H25N3O3S/c1-22-11-8-9-16-25(22)26(19-27(34)33-18-10-17-31-33)30(20-23-12-4-2-5-13-23)28(35)37-29(32-30)36-21-24-14-6-3-7-15-24/h2-19H,20-21H2,1H3/b26-19+/t30-/m1/s1. The van der Waals surface area contributed by atoms with Crippen molar-refractivity contribution >= 4 is 33.6 Å². The number of benzene rings is 3. The molecule has 37 heavy (non-hydrogen) atoms. The number of aromatic nitrogens is 2. The monoisotopic (exact) mass is 507 g/mol. The van der Waals surface area contributed by atoms with E-state index in [1.165, 1.54) is 10.8 Å². The van der Waals surface area contributed by atoms with Gasteiger partial charge in [0, 0.05) is 42.2 Å². The lowest BCUT2D eigenvalue weighted by atomic mass is 9.79. The van der Waals surface area contributed by atoms with E-state index >= 15 is 0 Å². The Morgan fingerprint density at radius 1 is 0.946 bits per heavy atom. The predicted molar refractivity (Wildman–Crippen MR) is 146 cm³/mol. The highest BCUT2D eigenvalue weighted by Gasteiger charge is 2.49. The first kappa shape index (κ1) is 24.5. The molecule has 4 aromatic rings. The van der Waals surface area contributed by atoms with Gasteiger partial charge >= 0.3 is 0 Å².